The number of ether oxygens (including phenoxy) is 1. The van der Waals surface area contributed by atoms with Crippen LogP contribution in [0.1, 0.15) is 68.3 Å². The number of anilines is 1. The fourth-order valence-electron chi connectivity index (χ4n) is 5.75. The lowest BCUT2D eigenvalue weighted by Crippen LogP contribution is -2.39. The van der Waals surface area contributed by atoms with Crippen molar-refractivity contribution in [3.63, 3.8) is 0 Å². The van der Waals surface area contributed by atoms with Crippen LogP contribution in [0, 0.1) is 0 Å². The summed E-state index contributed by atoms with van der Waals surface area (Å²) >= 11 is 0. The van der Waals surface area contributed by atoms with E-state index in [0.717, 1.165) is 58.2 Å². The van der Waals surface area contributed by atoms with Crippen LogP contribution in [-0.4, -0.2) is 46.8 Å². The topological polar surface area (TPSA) is 94.7 Å². The number of carbonyl (C=O) groups excluding carboxylic acids is 2. The van der Waals surface area contributed by atoms with E-state index in [2.05, 4.69) is 27.3 Å². The van der Waals surface area contributed by atoms with E-state index in [0.29, 0.717) is 19.4 Å². The quantitative estimate of drug-likeness (QED) is 0.221. The Balaban J connectivity index is 1.35. The number of rotatable bonds is 9. The molecule has 1 aliphatic rings. The largest absolute Gasteiger partial charge is 0.460 e. The molecule has 0 spiro atoms. The molecule has 1 fully saturated rings. The number of esters is 1. The first-order valence-electron chi connectivity index (χ1n) is 14.8. The Bertz CT molecular complexity index is 1520. The molecule has 2 atom stereocenters. The SMILES string of the molecule is CC(C)(C)OC(=O)CCc1c[nH]c2ccc(CC(=O)NC(c3ccccc3)c3ccccc3N3CCCC(O)C3)cc12. The Kier molecular flexibility index (Phi) is 8.97. The van der Waals surface area contributed by atoms with E-state index in [-0.39, 0.29) is 30.4 Å². The molecule has 2 unspecified atom stereocenters. The van der Waals surface area contributed by atoms with E-state index in [9.17, 15) is 14.7 Å². The minimum atomic E-state index is -0.509. The van der Waals surface area contributed by atoms with Gasteiger partial charge in [0.2, 0.25) is 5.91 Å². The molecule has 220 valence electrons. The van der Waals surface area contributed by atoms with E-state index in [1.807, 2.05) is 87.6 Å². The van der Waals surface area contributed by atoms with Crippen LogP contribution in [0.15, 0.2) is 79.0 Å². The Hall–Kier alpha value is -4.10. The number of benzene rings is 3. The number of aromatic amines is 1. The van der Waals surface area contributed by atoms with Gasteiger partial charge in [0, 0.05) is 47.9 Å². The van der Waals surface area contributed by atoms with Crippen LogP contribution >= 0.6 is 0 Å². The number of H-pyrrole nitrogens is 1. The molecular formula is C35H41N3O4. The maximum atomic E-state index is 13.6. The molecule has 0 radical (unpaired) electrons. The molecule has 0 bridgehead atoms. The third kappa shape index (κ3) is 7.39. The van der Waals surface area contributed by atoms with Crippen LogP contribution in [0.25, 0.3) is 10.9 Å². The average Bonchev–Trinajstić information content (AvgIpc) is 3.36. The molecular weight excluding hydrogens is 526 g/mol. The molecule has 0 aliphatic carbocycles. The lowest BCUT2D eigenvalue weighted by molar-refractivity contribution is -0.154. The first kappa shape index (κ1) is 29.4. The molecule has 5 rings (SSSR count). The average molecular weight is 568 g/mol. The number of β-amino-alcohol motifs (C(OH)–C–C–N with tert-alkyl or cyclic N) is 1. The summed E-state index contributed by atoms with van der Waals surface area (Å²) in [4.78, 5) is 31.4. The molecule has 3 N–H and O–H groups in total. The van der Waals surface area contributed by atoms with Gasteiger partial charge in [-0.15, -0.1) is 0 Å². The number of amides is 1. The summed E-state index contributed by atoms with van der Waals surface area (Å²) in [5.74, 6) is -0.304. The number of aromatic nitrogens is 1. The number of nitrogens with zero attached hydrogens (tertiary/aromatic N) is 1. The van der Waals surface area contributed by atoms with Crippen molar-refractivity contribution >= 4 is 28.5 Å². The minimum absolute atomic E-state index is 0.0810. The molecule has 1 saturated heterocycles. The van der Waals surface area contributed by atoms with Crippen LogP contribution in [0.3, 0.4) is 0 Å². The van der Waals surface area contributed by atoms with Crippen molar-refractivity contribution in [2.75, 3.05) is 18.0 Å². The Labute approximate surface area is 247 Å². The molecule has 1 aromatic heterocycles. The summed E-state index contributed by atoms with van der Waals surface area (Å²) in [5.41, 5.74) is 5.44. The zero-order chi connectivity index (χ0) is 29.7. The Morgan fingerprint density at radius 3 is 2.60 bits per heavy atom. The summed E-state index contributed by atoms with van der Waals surface area (Å²) in [7, 11) is 0. The molecule has 3 aromatic carbocycles. The van der Waals surface area contributed by atoms with Gasteiger partial charge in [-0.2, -0.15) is 0 Å². The number of piperidine rings is 1. The van der Waals surface area contributed by atoms with Gasteiger partial charge in [0.05, 0.1) is 18.6 Å². The highest BCUT2D eigenvalue weighted by atomic mass is 16.6. The summed E-state index contributed by atoms with van der Waals surface area (Å²) in [6.07, 6.45) is 4.39. The van der Waals surface area contributed by atoms with Crippen LogP contribution in [-0.2, 0) is 27.2 Å². The molecule has 7 heteroatoms. The minimum Gasteiger partial charge on any atom is -0.460 e. The highest BCUT2D eigenvalue weighted by Gasteiger charge is 2.25. The maximum Gasteiger partial charge on any atom is 0.306 e. The van der Waals surface area contributed by atoms with E-state index in [4.69, 9.17) is 4.74 Å². The molecule has 7 nitrogen and oxygen atoms in total. The maximum absolute atomic E-state index is 13.6. The molecule has 2 heterocycles. The van der Waals surface area contributed by atoms with Crippen molar-refractivity contribution < 1.29 is 19.4 Å². The predicted octanol–water partition coefficient (Wildman–Crippen LogP) is 5.85. The summed E-state index contributed by atoms with van der Waals surface area (Å²) in [6, 6.07) is 23.8. The van der Waals surface area contributed by atoms with Gasteiger partial charge in [0.1, 0.15) is 5.60 Å². The Morgan fingerprint density at radius 1 is 1.07 bits per heavy atom. The van der Waals surface area contributed by atoms with Gasteiger partial charge in [0.15, 0.2) is 0 Å². The van der Waals surface area contributed by atoms with Crippen LogP contribution in [0.5, 0.6) is 0 Å². The highest BCUT2D eigenvalue weighted by Crippen LogP contribution is 2.33. The number of aliphatic hydroxyl groups is 1. The number of hydrogen-bond acceptors (Lipinski definition) is 5. The summed E-state index contributed by atoms with van der Waals surface area (Å²) < 4.78 is 5.47. The summed E-state index contributed by atoms with van der Waals surface area (Å²) in [5, 5.41) is 14.7. The van der Waals surface area contributed by atoms with Gasteiger partial charge in [-0.05, 0) is 74.9 Å². The van der Waals surface area contributed by atoms with Gasteiger partial charge >= 0.3 is 5.97 Å². The van der Waals surface area contributed by atoms with E-state index < -0.39 is 5.60 Å². The van der Waals surface area contributed by atoms with Crippen molar-refractivity contribution in [1.82, 2.24) is 10.3 Å². The number of aliphatic hydroxyl groups excluding tert-OH is 1. The van der Waals surface area contributed by atoms with Crippen molar-refractivity contribution in [1.29, 1.82) is 0 Å². The number of hydrogen-bond donors (Lipinski definition) is 3. The number of aryl methyl sites for hydroxylation is 1. The zero-order valence-corrected chi connectivity index (χ0v) is 24.7. The normalized spacial score (nSPS) is 16.3. The highest BCUT2D eigenvalue weighted by molar-refractivity contribution is 5.87. The lowest BCUT2D eigenvalue weighted by atomic mass is 9.95. The lowest BCUT2D eigenvalue weighted by Gasteiger charge is -2.35. The Morgan fingerprint density at radius 2 is 1.83 bits per heavy atom. The standard InChI is InChI=1S/C35H41N3O4/c1-35(2,3)42-33(41)18-16-26-22-36-30-17-15-24(20-29(26)30)21-32(40)37-34(25-10-5-4-6-11-25)28-13-7-8-14-31(28)38-19-9-12-27(39)23-38/h4-8,10-11,13-15,17,20,22,27,34,36,39H,9,12,16,18-19,21,23H2,1-3H3,(H,37,40). The molecule has 1 aliphatic heterocycles. The summed E-state index contributed by atoms with van der Waals surface area (Å²) in [6.45, 7) is 7.06. The first-order valence-corrected chi connectivity index (χ1v) is 14.8. The second-order valence-electron chi connectivity index (χ2n) is 12.2. The van der Waals surface area contributed by atoms with Crippen molar-refractivity contribution in [3.8, 4) is 0 Å². The molecule has 4 aromatic rings. The van der Waals surface area contributed by atoms with Crippen molar-refractivity contribution in [2.24, 2.45) is 0 Å². The third-order valence-electron chi connectivity index (χ3n) is 7.64. The second-order valence-corrected chi connectivity index (χ2v) is 12.2. The van der Waals surface area contributed by atoms with Gasteiger partial charge in [0.25, 0.3) is 0 Å². The number of para-hydroxylation sites is 1. The van der Waals surface area contributed by atoms with Crippen molar-refractivity contribution in [3.05, 3.63) is 101 Å². The smallest absolute Gasteiger partial charge is 0.306 e. The number of carbonyl (C=O) groups is 2. The van der Waals surface area contributed by atoms with Crippen LogP contribution in [0.2, 0.25) is 0 Å². The number of nitrogens with one attached hydrogen (secondary N) is 2. The van der Waals surface area contributed by atoms with Gasteiger partial charge in [-0.1, -0.05) is 54.6 Å². The van der Waals surface area contributed by atoms with Crippen LogP contribution in [0.4, 0.5) is 5.69 Å². The molecule has 0 saturated carbocycles. The van der Waals surface area contributed by atoms with Gasteiger partial charge < -0.3 is 25.0 Å². The van der Waals surface area contributed by atoms with Crippen molar-refractivity contribution in [2.45, 2.75) is 70.6 Å². The first-order chi connectivity index (χ1) is 20.2. The second kappa shape index (κ2) is 12.8. The fraction of sp³-hybridized carbons (Fsp3) is 0.371. The van der Waals surface area contributed by atoms with E-state index in [1.165, 1.54) is 0 Å². The van der Waals surface area contributed by atoms with E-state index >= 15 is 0 Å². The third-order valence-corrected chi connectivity index (χ3v) is 7.64. The molecule has 1 amide bonds. The predicted molar refractivity (Wildman–Crippen MR) is 166 cm³/mol. The van der Waals surface area contributed by atoms with Gasteiger partial charge in [-0.3, -0.25) is 9.59 Å². The van der Waals surface area contributed by atoms with Gasteiger partial charge in [-0.25, -0.2) is 0 Å². The van der Waals surface area contributed by atoms with E-state index in [1.54, 1.807) is 0 Å². The monoisotopic (exact) mass is 567 g/mol. The molecule has 42 heavy (non-hydrogen) atoms. The van der Waals surface area contributed by atoms with Crippen LogP contribution < -0.4 is 10.2 Å². The number of fused-ring (bicyclic) bond motifs is 1. The fourth-order valence-corrected chi connectivity index (χ4v) is 5.75. The zero-order valence-electron chi connectivity index (χ0n) is 24.7.